The molecule has 1 aliphatic heterocycles. The molecule has 3 rings (SSSR count). The number of rotatable bonds is 9. The fourth-order valence-electron chi connectivity index (χ4n) is 3.64. The van der Waals surface area contributed by atoms with Crippen LogP contribution in [0.25, 0.3) is 0 Å². The van der Waals surface area contributed by atoms with E-state index >= 15 is 0 Å². The minimum Gasteiger partial charge on any atom is -0.477 e. The number of alkyl halides is 3. The summed E-state index contributed by atoms with van der Waals surface area (Å²) in [6.07, 6.45) is -0.594. The van der Waals surface area contributed by atoms with E-state index in [1.165, 1.54) is 25.3 Å². The lowest BCUT2D eigenvalue weighted by Crippen LogP contribution is -2.31. The summed E-state index contributed by atoms with van der Waals surface area (Å²) >= 11 is 0. The van der Waals surface area contributed by atoms with Crippen LogP contribution in [-0.2, 0) is 17.5 Å². The SMILES string of the molecule is COC(=O)c1cc(OCCCN2CCCCC2)nn1CC(=O)c1ccc(F)c(C(F)(F)F)c1. The highest BCUT2D eigenvalue weighted by atomic mass is 19.4. The number of Topliss-reactive ketones (excluding diaryl/α,β-unsaturated/α-hetero) is 1. The van der Waals surface area contributed by atoms with Gasteiger partial charge in [0, 0.05) is 18.2 Å². The summed E-state index contributed by atoms with van der Waals surface area (Å²) in [5.41, 5.74) is -1.99. The van der Waals surface area contributed by atoms with Gasteiger partial charge in [-0.15, -0.1) is 5.10 Å². The van der Waals surface area contributed by atoms with Crippen LogP contribution in [0, 0.1) is 5.82 Å². The number of aromatic nitrogens is 2. The fraction of sp³-hybridized carbons (Fsp3) is 0.500. The topological polar surface area (TPSA) is 73.7 Å². The molecule has 180 valence electrons. The number of piperidine rings is 1. The summed E-state index contributed by atoms with van der Waals surface area (Å²) in [5.74, 6) is -2.95. The number of likely N-dealkylation sites (tertiary alicyclic amines) is 1. The predicted octanol–water partition coefficient (Wildman–Crippen LogP) is 3.97. The summed E-state index contributed by atoms with van der Waals surface area (Å²) in [7, 11) is 1.15. The first-order valence-corrected chi connectivity index (χ1v) is 10.6. The lowest BCUT2D eigenvalue weighted by atomic mass is 10.1. The Morgan fingerprint density at radius 3 is 2.52 bits per heavy atom. The Morgan fingerprint density at radius 1 is 1.12 bits per heavy atom. The van der Waals surface area contributed by atoms with Crippen molar-refractivity contribution in [2.75, 3.05) is 33.4 Å². The molecule has 0 bridgehead atoms. The highest BCUT2D eigenvalue weighted by molar-refractivity contribution is 5.97. The Morgan fingerprint density at radius 2 is 1.85 bits per heavy atom. The quantitative estimate of drug-likeness (QED) is 0.239. The van der Waals surface area contributed by atoms with Crippen LogP contribution in [0.1, 0.15) is 52.1 Å². The van der Waals surface area contributed by atoms with Crippen molar-refractivity contribution in [1.82, 2.24) is 14.7 Å². The Hall–Kier alpha value is -2.95. The number of esters is 1. The number of nitrogens with zero attached hydrogens (tertiary/aromatic N) is 3. The highest BCUT2D eigenvalue weighted by Gasteiger charge is 2.34. The van der Waals surface area contributed by atoms with E-state index in [1.807, 2.05) is 0 Å². The number of carbonyl (C=O) groups excluding carboxylic acids is 2. The second-order valence-electron chi connectivity index (χ2n) is 7.74. The molecule has 2 aromatic rings. The number of benzene rings is 1. The number of ether oxygens (including phenoxy) is 2. The molecule has 2 heterocycles. The van der Waals surface area contributed by atoms with E-state index < -0.39 is 35.9 Å². The molecule has 0 unspecified atom stereocenters. The normalized spacial score (nSPS) is 14.8. The largest absolute Gasteiger partial charge is 0.477 e. The molecule has 1 aliphatic rings. The second kappa shape index (κ2) is 10.8. The molecule has 0 spiro atoms. The number of ketones is 1. The maximum atomic E-state index is 13.5. The lowest BCUT2D eigenvalue weighted by Gasteiger charge is -2.26. The molecule has 0 amide bonds. The summed E-state index contributed by atoms with van der Waals surface area (Å²) in [6.45, 7) is 2.78. The van der Waals surface area contributed by atoms with Gasteiger partial charge in [0.25, 0.3) is 0 Å². The van der Waals surface area contributed by atoms with Crippen LogP contribution in [0.2, 0.25) is 0 Å². The Balaban J connectivity index is 1.68. The molecule has 1 aromatic carbocycles. The van der Waals surface area contributed by atoms with E-state index in [0.717, 1.165) is 43.9 Å². The molecule has 0 radical (unpaired) electrons. The molecule has 11 heteroatoms. The molecule has 1 fully saturated rings. The first-order valence-electron chi connectivity index (χ1n) is 10.6. The maximum absolute atomic E-state index is 13.5. The molecule has 33 heavy (non-hydrogen) atoms. The van der Waals surface area contributed by atoms with Crippen LogP contribution >= 0.6 is 0 Å². The minimum absolute atomic E-state index is 0.0879. The van der Waals surface area contributed by atoms with Crippen LogP contribution in [0.4, 0.5) is 17.6 Å². The molecular weight excluding hydrogens is 446 g/mol. The maximum Gasteiger partial charge on any atom is 0.419 e. The van der Waals surface area contributed by atoms with Gasteiger partial charge in [-0.05, 0) is 50.6 Å². The van der Waals surface area contributed by atoms with Crippen molar-refractivity contribution in [1.29, 1.82) is 0 Å². The summed E-state index contributed by atoms with van der Waals surface area (Å²) < 4.78 is 63.7. The van der Waals surface area contributed by atoms with Crippen molar-refractivity contribution in [3.05, 3.63) is 46.9 Å². The van der Waals surface area contributed by atoms with Crippen LogP contribution < -0.4 is 4.74 Å². The van der Waals surface area contributed by atoms with E-state index in [0.29, 0.717) is 18.7 Å². The van der Waals surface area contributed by atoms with Gasteiger partial charge in [0.15, 0.2) is 11.5 Å². The summed E-state index contributed by atoms with van der Waals surface area (Å²) in [4.78, 5) is 27.0. The van der Waals surface area contributed by atoms with Crippen LogP contribution in [-0.4, -0.2) is 59.8 Å². The van der Waals surface area contributed by atoms with Gasteiger partial charge in [0.1, 0.15) is 12.4 Å². The molecule has 0 atom stereocenters. The van der Waals surface area contributed by atoms with Gasteiger partial charge in [-0.2, -0.15) is 13.2 Å². The zero-order valence-corrected chi connectivity index (χ0v) is 18.2. The van der Waals surface area contributed by atoms with E-state index in [4.69, 9.17) is 9.47 Å². The van der Waals surface area contributed by atoms with Crippen molar-refractivity contribution in [3.63, 3.8) is 0 Å². The third kappa shape index (κ3) is 6.53. The van der Waals surface area contributed by atoms with E-state index in [1.54, 1.807) is 0 Å². The number of hydrogen-bond acceptors (Lipinski definition) is 6. The van der Waals surface area contributed by atoms with Gasteiger partial charge < -0.3 is 14.4 Å². The zero-order chi connectivity index (χ0) is 24.0. The molecule has 7 nitrogen and oxygen atoms in total. The van der Waals surface area contributed by atoms with Crippen molar-refractivity contribution in [2.45, 2.75) is 38.4 Å². The first kappa shape index (κ1) is 24.7. The van der Waals surface area contributed by atoms with E-state index in [9.17, 15) is 27.2 Å². The standard InChI is InChI=1S/C22H25F4N3O4/c1-32-21(31)18-13-20(33-11-5-10-28-8-3-2-4-9-28)27-29(18)14-19(30)15-6-7-17(23)16(12-15)22(24,25)26/h6-7,12-13H,2-5,8-11,14H2,1H3. The second-order valence-corrected chi connectivity index (χ2v) is 7.74. The van der Waals surface area contributed by atoms with Crippen molar-refractivity contribution < 1.29 is 36.6 Å². The molecular formula is C22H25F4N3O4. The van der Waals surface area contributed by atoms with E-state index in [2.05, 4.69) is 10.00 Å². The van der Waals surface area contributed by atoms with Crippen molar-refractivity contribution in [3.8, 4) is 5.88 Å². The van der Waals surface area contributed by atoms with Crippen LogP contribution in [0.3, 0.4) is 0 Å². The summed E-state index contributed by atoms with van der Waals surface area (Å²) in [6, 6.07) is 3.28. The monoisotopic (exact) mass is 471 g/mol. The van der Waals surface area contributed by atoms with Crippen molar-refractivity contribution in [2.24, 2.45) is 0 Å². The molecule has 1 aromatic heterocycles. The third-order valence-corrected chi connectivity index (χ3v) is 5.36. The average molecular weight is 471 g/mol. The Bertz CT molecular complexity index is 985. The van der Waals surface area contributed by atoms with Gasteiger partial charge >= 0.3 is 12.1 Å². The fourth-order valence-corrected chi connectivity index (χ4v) is 3.64. The molecule has 1 saturated heterocycles. The Labute approximate surface area is 188 Å². The van der Waals surface area contributed by atoms with Gasteiger partial charge in [0.05, 0.1) is 19.3 Å². The number of methoxy groups -OCH3 is 1. The molecule has 0 saturated carbocycles. The van der Waals surface area contributed by atoms with Gasteiger partial charge in [-0.1, -0.05) is 6.42 Å². The highest BCUT2D eigenvalue weighted by Crippen LogP contribution is 2.32. The zero-order valence-electron chi connectivity index (χ0n) is 18.2. The lowest BCUT2D eigenvalue weighted by molar-refractivity contribution is -0.140. The van der Waals surface area contributed by atoms with Gasteiger partial charge in [0.2, 0.25) is 5.88 Å². The smallest absolute Gasteiger partial charge is 0.419 e. The minimum atomic E-state index is -4.95. The molecule has 0 aliphatic carbocycles. The predicted molar refractivity (Wildman–Crippen MR) is 110 cm³/mol. The van der Waals surface area contributed by atoms with Crippen LogP contribution in [0.15, 0.2) is 24.3 Å². The Kier molecular flexibility index (Phi) is 8.06. The third-order valence-electron chi connectivity index (χ3n) is 5.36. The summed E-state index contributed by atoms with van der Waals surface area (Å²) in [5, 5.41) is 4.08. The number of halogens is 4. The van der Waals surface area contributed by atoms with Crippen molar-refractivity contribution >= 4 is 11.8 Å². The van der Waals surface area contributed by atoms with Crippen LogP contribution in [0.5, 0.6) is 5.88 Å². The number of carbonyl (C=O) groups is 2. The number of hydrogen-bond donors (Lipinski definition) is 0. The average Bonchev–Trinajstić information content (AvgIpc) is 3.18. The van der Waals surface area contributed by atoms with Gasteiger partial charge in [-0.25, -0.2) is 13.9 Å². The molecule has 0 N–H and O–H groups in total. The first-order chi connectivity index (χ1) is 15.7. The van der Waals surface area contributed by atoms with E-state index in [-0.39, 0.29) is 17.1 Å². The van der Waals surface area contributed by atoms with Gasteiger partial charge in [-0.3, -0.25) is 4.79 Å².